The van der Waals surface area contributed by atoms with E-state index in [1.807, 2.05) is 0 Å². The zero-order chi connectivity index (χ0) is 13.1. The van der Waals surface area contributed by atoms with E-state index in [2.05, 4.69) is 10.2 Å². The first-order valence-electron chi connectivity index (χ1n) is 4.83. The van der Waals surface area contributed by atoms with Gasteiger partial charge < -0.3 is 9.15 Å². The molecule has 18 heavy (non-hydrogen) atoms. The first-order valence-corrected chi connectivity index (χ1v) is 4.83. The minimum Gasteiger partial charge on any atom is -0.419 e. The monoisotopic (exact) mass is 249 g/mol. The van der Waals surface area contributed by atoms with Gasteiger partial charge in [0.15, 0.2) is 0 Å². The van der Waals surface area contributed by atoms with Crippen molar-refractivity contribution < 1.29 is 18.9 Å². The summed E-state index contributed by atoms with van der Waals surface area (Å²) in [5, 5.41) is 17.4. The number of hydrogen-bond acceptors (Lipinski definition) is 7. The Labute approximate surface area is 100 Å². The number of nitro benzene ring substituents is 1. The predicted molar refractivity (Wildman–Crippen MR) is 57.1 cm³/mol. The summed E-state index contributed by atoms with van der Waals surface area (Å²) in [4.78, 5) is 21.4. The fourth-order valence-electron chi connectivity index (χ4n) is 1.17. The summed E-state index contributed by atoms with van der Waals surface area (Å²) in [6.45, 7) is 1.54. The van der Waals surface area contributed by atoms with Crippen LogP contribution in [0.5, 0.6) is 5.75 Å². The molecule has 8 heteroatoms. The second-order valence-electron chi connectivity index (χ2n) is 3.27. The molecule has 2 rings (SSSR count). The first-order chi connectivity index (χ1) is 8.56. The van der Waals surface area contributed by atoms with Crippen molar-refractivity contribution in [3.05, 3.63) is 46.2 Å². The smallest absolute Gasteiger partial charge is 0.401 e. The van der Waals surface area contributed by atoms with E-state index >= 15 is 0 Å². The summed E-state index contributed by atoms with van der Waals surface area (Å²) >= 11 is 0. The van der Waals surface area contributed by atoms with Gasteiger partial charge in [0.05, 0.1) is 4.92 Å². The first kappa shape index (κ1) is 11.7. The number of carbonyl (C=O) groups excluding carboxylic acids is 1. The number of benzene rings is 1. The number of non-ortho nitro benzene ring substituents is 1. The summed E-state index contributed by atoms with van der Waals surface area (Å²) in [5.74, 6) is -0.692. The molecule has 92 valence electrons. The molecule has 0 spiro atoms. The van der Waals surface area contributed by atoms with Crippen LogP contribution in [0.15, 0.2) is 28.7 Å². The lowest BCUT2D eigenvalue weighted by molar-refractivity contribution is -0.384. The predicted octanol–water partition coefficient (Wildman–Crippen LogP) is 1.51. The molecule has 2 aromatic rings. The molecule has 0 saturated carbocycles. The average Bonchev–Trinajstić information content (AvgIpc) is 2.76. The maximum atomic E-state index is 11.5. The van der Waals surface area contributed by atoms with E-state index in [0.29, 0.717) is 0 Å². The number of hydrogen-bond donors (Lipinski definition) is 0. The van der Waals surface area contributed by atoms with E-state index in [0.717, 1.165) is 0 Å². The lowest BCUT2D eigenvalue weighted by Gasteiger charge is -2.00. The Kier molecular flexibility index (Phi) is 3.00. The van der Waals surface area contributed by atoms with Gasteiger partial charge >= 0.3 is 11.9 Å². The molecular formula is C10H7N3O5. The number of rotatable bonds is 3. The van der Waals surface area contributed by atoms with Crippen LogP contribution in [0, 0.1) is 17.0 Å². The van der Waals surface area contributed by atoms with Crippen LogP contribution in [0.2, 0.25) is 0 Å². The highest BCUT2D eigenvalue weighted by Crippen LogP contribution is 2.18. The molecule has 8 nitrogen and oxygen atoms in total. The number of esters is 1. The van der Waals surface area contributed by atoms with Crippen molar-refractivity contribution in [1.82, 2.24) is 10.2 Å². The standard InChI is InChI=1S/C10H7N3O5/c1-6-11-12-9(17-6)10(14)18-8-4-2-7(3-5-8)13(15)16/h2-5H,1H3. The molecule has 0 bridgehead atoms. The van der Waals surface area contributed by atoms with Crippen LogP contribution in [0.1, 0.15) is 16.6 Å². The Balaban J connectivity index is 2.10. The van der Waals surface area contributed by atoms with E-state index in [-0.39, 0.29) is 23.2 Å². The van der Waals surface area contributed by atoms with E-state index in [9.17, 15) is 14.9 Å². The Hall–Kier alpha value is -2.77. The van der Waals surface area contributed by atoms with E-state index in [1.54, 1.807) is 0 Å². The van der Waals surface area contributed by atoms with Crippen LogP contribution in [0.25, 0.3) is 0 Å². The molecule has 0 aliphatic carbocycles. The largest absolute Gasteiger partial charge is 0.419 e. The van der Waals surface area contributed by atoms with Crippen molar-refractivity contribution >= 4 is 11.7 Å². The minimum atomic E-state index is -0.815. The van der Waals surface area contributed by atoms with Gasteiger partial charge in [0.1, 0.15) is 5.75 Å². The molecule has 1 heterocycles. The molecule has 0 atom stereocenters. The van der Waals surface area contributed by atoms with Gasteiger partial charge in [-0.15, -0.1) is 10.2 Å². The number of ether oxygens (including phenoxy) is 1. The van der Waals surface area contributed by atoms with E-state index in [4.69, 9.17) is 9.15 Å². The van der Waals surface area contributed by atoms with Crippen molar-refractivity contribution in [3.8, 4) is 5.75 Å². The van der Waals surface area contributed by atoms with Gasteiger partial charge in [-0.3, -0.25) is 10.1 Å². The highest BCUT2D eigenvalue weighted by Gasteiger charge is 2.16. The van der Waals surface area contributed by atoms with Crippen molar-refractivity contribution in [2.75, 3.05) is 0 Å². The van der Waals surface area contributed by atoms with Gasteiger partial charge in [0.25, 0.3) is 5.69 Å². The third kappa shape index (κ3) is 2.48. The highest BCUT2D eigenvalue weighted by molar-refractivity contribution is 5.85. The van der Waals surface area contributed by atoms with Crippen LogP contribution in [0.3, 0.4) is 0 Å². The third-order valence-corrected chi connectivity index (χ3v) is 1.96. The molecule has 1 aromatic carbocycles. The average molecular weight is 249 g/mol. The van der Waals surface area contributed by atoms with E-state index in [1.165, 1.54) is 31.2 Å². The Morgan fingerprint density at radius 3 is 2.50 bits per heavy atom. The number of nitro groups is 1. The Morgan fingerprint density at radius 2 is 2.00 bits per heavy atom. The lowest BCUT2D eigenvalue weighted by atomic mass is 10.3. The van der Waals surface area contributed by atoms with Crippen LogP contribution >= 0.6 is 0 Å². The molecule has 0 aliphatic heterocycles. The zero-order valence-corrected chi connectivity index (χ0v) is 9.19. The van der Waals surface area contributed by atoms with Gasteiger partial charge in [-0.05, 0) is 12.1 Å². The maximum Gasteiger partial charge on any atom is 0.401 e. The highest BCUT2D eigenvalue weighted by atomic mass is 16.6. The van der Waals surface area contributed by atoms with Crippen molar-refractivity contribution in [3.63, 3.8) is 0 Å². The van der Waals surface area contributed by atoms with Gasteiger partial charge in [0, 0.05) is 19.1 Å². The second-order valence-corrected chi connectivity index (χ2v) is 3.27. The van der Waals surface area contributed by atoms with E-state index < -0.39 is 10.9 Å². The molecule has 0 fully saturated rings. The molecule has 0 radical (unpaired) electrons. The van der Waals surface area contributed by atoms with Crippen LogP contribution < -0.4 is 4.74 Å². The van der Waals surface area contributed by atoms with Gasteiger partial charge in [-0.1, -0.05) is 0 Å². The van der Waals surface area contributed by atoms with Crippen molar-refractivity contribution in [2.45, 2.75) is 6.92 Å². The van der Waals surface area contributed by atoms with Crippen LogP contribution in [-0.4, -0.2) is 21.1 Å². The summed E-state index contributed by atoms with van der Waals surface area (Å²) in [5.41, 5.74) is -0.0940. The topological polar surface area (TPSA) is 108 Å². The second kappa shape index (κ2) is 4.62. The van der Waals surface area contributed by atoms with Crippen LogP contribution in [0.4, 0.5) is 5.69 Å². The minimum absolute atomic E-state index is 0.0940. The number of carbonyl (C=O) groups is 1. The molecule has 1 aromatic heterocycles. The SMILES string of the molecule is Cc1nnc(C(=O)Oc2ccc([N+](=O)[O-])cc2)o1. The number of aryl methyl sites for hydroxylation is 1. The quantitative estimate of drug-likeness (QED) is 0.351. The Bertz CT molecular complexity index is 590. The molecule has 0 N–H and O–H groups in total. The molecule has 0 unspecified atom stereocenters. The summed E-state index contributed by atoms with van der Waals surface area (Å²) in [7, 11) is 0. The summed E-state index contributed by atoms with van der Waals surface area (Å²) < 4.78 is 9.77. The number of aromatic nitrogens is 2. The van der Waals surface area contributed by atoms with Crippen molar-refractivity contribution in [1.29, 1.82) is 0 Å². The third-order valence-electron chi connectivity index (χ3n) is 1.96. The molecular weight excluding hydrogens is 242 g/mol. The van der Waals surface area contributed by atoms with Gasteiger partial charge in [0.2, 0.25) is 5.89 Å². The Morgan fingerprint density at radius 1 is 1.33 bits per heavy atom. The fraction of sp³-hybridized carbons (Fsp3) is 0.100. The van der Waals surface area contributed by atoms with Crippen LogP contribution in [-0.2, 0) is 0 Å². The molecule has 0 saturated heterocycles. The summed E-state index contributed by atoms with van der Waals surface area (Å²) in [6, 6.07) is 5.06. The number of nitrogens with zero attached hydrogens (tertiary/aromatic N) is 3. The fourth-order valence-corrected chi connectivity index (χ4v) is 1.17. The lowest BCUT2D eigenvalue weighted by Crippen LogP contribution is -2.08. The normalized spacial score (nSPS) is 10.1. The summed E-state index contributed by atoms with van der Waals surface area (Å²) in [6.07, 6.45) is 0. The zero-order valence-electron chi connectivity index (χ0n) is 9.19. The molecule has 0 amide bonds. The molecule has 0 aliphatic rings. The van der Waals surface area contributed by atoms with Gasteiger partial charge in [-0.25, -0.2) is 4.79 Å². The maximum absolute atomic E-state index is 11.5. The van der Waals surface area contributed by atoms with Crippen molar-refractivity contribution in [2.24, 2.45) is 0 Å². The van der Waals surface area contributed by atoms with Gasteiger partial charge in [-0.2, -0.15) is 0 Å².